The van der Waals surface area contributed by atoms with Crippen LogP contribution in [0.15, 0.2) is 91.0 Å². The molecule has 0 aliphatic heterocycles. The van der Waals surface area contributed by atoms with E-state index in [1.165, 1.54) is 15.9 Å². The highest BCUT2D eigenvalue weighted by Crippen LogP contribution is 2.44. The minimum absolute atomic E-state index is 0.112. The minimum Gasteiger partial charge on any atom is -0.414 e. The molecule has 2 nitrogen and oxygen atoms in total. The van der Waals surface area contributed by atoms with Crippen LogP contribution in [0.2, 0.25) is 18.1 Å². The largest absolute Gasteiger partial charge is 0.414 e. The average Bonchev–Trinajstić information content (AvgIpc) is 2.78. The number of Topliss-reactive ketones (excluding diaryl/α,β-unsaturated/α-hetero) is 1. The first kappa shape index (κ1) is 25.4. The lowest BCUT2D eigenvalue weighted by Crippen LogP contribution is -2.43. The van der Waals surface area contributed by atoms with E-state index < -0.39 is 15.2 Å². The van der Waals surface area contributed by atoms with Crippen LogP contribution in [-0.2, 0) is 9.22 Å². The summed E-state index contributed by atoms with van der Waals surface area (Å²) in [6.07, 6.45) is 0.277. The Labute approximate surface area is 201 Å². The molecule has 3 aromatic rings. The first-order chi connectivity index (χ1) is 15.6. The molecule has 174 valence electrons. The Morgan fingerprint density at radius 3 is 1.52 bits per heavy atom. The molecule has 3 rings (SSSR count). The van der Waals surface area contributed by atoms with Crippen molar-refractivity contribution in [3.8, 4) is 0 Å². The molecular weight excluding hydrogens is 439 g/mol. The van der Waals surface area contributed by atoms with Gasteiger partial charge in [-0.05, 0) is 53.7 Å². The van der Waals surface area contributed by atoms with Crippen molar-refractivity contribution < 1.29 is 9.22 Å². The van der Waals surface area contributed by atoms with Gasteiger partial charge in [0.05, 0.1) is 0 Å². The summed E-state index contributed by atoms with van der Waals surface area (Å²) in [7, 11) is -1.94. The maximum absolute atomic E-state index is 13.6. The lowest BCUT2D eigenvalue weighted by atomic mass is 10.2. The van der Waals surface area contributed by atoms with Gasteiger partial charge in [0.25, 0.3) is 0 Å². The highest BCUT2D eigenvalue weighted by Gasteiger charge is 2.38. The quantitative estimate of drug-likeness (QED) is 0.288. The lowest BCUT2D eigenvalue weighted by Gasteiger charge is -2.38. The standard InChI is InChI=1S/C29H37O2PSi/c1-24(31-33(5,6)29(2,3)4)22-25(30)23-32(26-16-10-7-11-17-26,27-18-12-8-13-19-27)28-20-14-9-15-21-28/h7-21,23-24H,22H2,1-6H3. The van der Waals surface area contributed by atoms with Crippen molar-refractivity contribution in [1.29, 1.82) is 0 Å². The molecule has 0 saturated heterocycles. The van der Waals surface area contributed by atoms with E-state index in [0.717, 1.165) is 0 Å². The summed E-state index contributed by atoms with van der Waals surface area (Å²) < 4.78 is 6.51. The van der Waals surface area contributed by atoms with E-state index in [9.17, 15) is 4.79 Å². The Hall–Kier alpha value is -2.19. The lowest BCUT2D eigenvalue weighted by molar-refractivity contribution is -0.113. The van der Waals surface area contributed by atoms with Gasteiger partial charge in [-0.3, -0.25) is 4.79 Å². The number of hydrogen-bond acceptors (Lipinski definition) is 2. The molecule has 0 radical (unpaired) electrons. The average molecular weight is 477 g/mol. The minimum atomic E-state index is -2.27. The molecule has 1 atom stereocenters. The molecule has 0 fully saturated rings. The number of rotatable bonds is 8. The molecule has 4 heteroatoms. The van der Waals surface area contributed by atoms with Crippen molar-refractivity contribution >= 4 is 42.7 Å². The molecule has 0 bridgehead atoms. The monoisotopic (exact) mass is 476 g/mol. The highest BCUT2D eigenvalue weighted by molar-refractivity contribution is 7.95. The molecule has 0 spiro atoms. The van der Waals surface area contributed by atoms with Gasteiger partial charge in [0.15, 0.2) is 14.1 Å². The van der Waals surface area contributed by atoms with Crippen LogP contribution in [0.5, 0.6) is 0 Å². The maximum atomic E-state index is 13.6. The molecule has 0 amide bonds. The van der Waals surface area contributed by atoms with Crippen molar-refractivity contribution in [2.75, 3.05) is 0 Å². The van der Waals surface area contributed by atoms with Gasteiger partial charge < -0.3 is 4.43 Å². The zero-order valence-electron chi connectivity index (χ0n) is 20.8. The smallest absolute Gasteiger partial charge is 0.192 e. The van der Waals surface area contributed by atoms with Gasteiger partial charge in [0.1, 0.15) is 0 Å². The molecule has 3 aromatic carbocycles. The molecule has 0 heterocycles. The maximum Gasteiger partial charge on any atom is 0.192 e. The second-order valence-corrected chi connectivity index (χ2v) is 18.2. The molecule has 1 unspecified atom stereocenters. The fourth-order valence-corrected chi connectivity index (χ4v) is 9.18. The van der Waals surface area contributed by atoms with E-state index in [1.54, 1.807) is 0 Å². The van der Waals surface area contributed by atoms with E-state index in [2.05, 4.69) is 107 Å². The van der Waals surface area contributed by atoms with E-state index in [1.807, 2.05) is 30.9 Å². The molecular formula is C29H37O2PSi. The van der Waals surface area contributed by atoms with Crippen molar-refractivity contribution in [3.05, 3.63) is 91.0 Å². The summed E-state index contributed by atoms with van der Waals surface area (Å²) in [5.41, 5.74) is 0. The fraction of sp³-hybridized carbons (Fsp3) is 0.310. The first-order valence-electron chi connectivity index (χ1n) is 11.7. The second-order valence-electron chi connectivity index (χ2n) is 10.2. The predicted octanol–water partition coefficient (Wildman–Crippen LogP) is 6.15. The van der Waals surface area contributed by atoms with Crippen LogP contribution in [0.3, 0.4) is 0 Å². The van der Waals surface area contributed by atoms with Gasteiger partial charge in [0, 0.05) is 12.5 Å². The van der Waals surface area contributed by atoms with E-state index in [0.29, 0.717) is 6.42 Å². The number of benzene rings is 3. The Morgan fingerprint density at radius 2 is 1.18 bits per heavy atom. The molecule has 0 saturated carbocycles. The van der Waals surface area contributed by atoms with Crippen molar-refractivity contribution in [2.45, 2.75) is 58.4 Å². The molecule has 0 aliphatic rings. The van der Waals surface area contributed by atoms with Crippen molar-refractivity contribution in [3.63, 3.8) is 0 Å². The summed E-state index contributed by atoms with van der Waals surface area (Å²) in [6, 6.07) is 31.5. The topological polar surface area (TPSA) is 26.3 Å². The zero-order valence-corrected chi connectivity index (χ0v) is 22.7. The van der Waals surface area contributed by atoms with Crippen LogP contribution in [0.4, 0.5) is 0 Å². The third-order valence-electron chi connectivity index (χ3n) is 6.62. The first-order valence-corrected chi connectivity index (χ1v) is 16.4. The summed E-state index contributed by atoms with van der Waals surface area (Å²) in [5.74, 6) is 2.17. The second kappa shape index (κ2) is 10.4. The molecule has 33 heavy (non-hydrogen) atoms. The summed E-state index contributed by atoms with van der Waals surface area (Å²) in [4.78, 5) is 13.6. The van der Waals surface area contributed by atoms with Gasteiger partial charge in [-0.1, -0.05) is 112 Å². The van der Waals surface area contributed by atoms with Gasteiger partial charge in [-0.15, -0.1) is 0 Å². The van der Waals surface area contributed by atoms with E-state index in [4.69, 9.17) is 4.43 Å². The number of ketones is 1. The van der Waals surface area contributed by atoms with Crippen LogP contribution in [0.25, 0.3) is 0 Å². The van der Waals surface area contributed by atoms with Crippen LogP contribution < -0.4 is 15.9 Å². The van der Waals surface area contributed by atoms with Gasteiger partial charge in [-0.25, -0.2) is 0 Å². The Bertz CT molecular complexity index is 997. The highest BCUT2D eigenvalue weighted by atomic mass is 31.2. The van der Waals surface area contributed by atoms with Gasteiger partial charge >= 0.3 is 0 Å². The van der Waals surface area contributed by atoms with Crippen LogP contribution in [0.1, 0.15) is 34.1 Å². The Balaban J connectivity index is 2.11. The van der Waals surface area contributed by atoms with Crippen molar-refractivity contribution in [2.24, 2.45) is 0 Å². The SMILES string of the molecule is CC(CC(=O)C=P(c1ccccc1)(c1ccccc1)c1ccccc1)O[Si](C)(C)C(C)(C)C. The molecule has 0 N–H and O–H groups in total. The van der Waals surface area contributed by atoms with E-state index >= 15 is 0 Å². The van der Waals surface area contributed by atoms with E-state index in [-0.39, 0.29) is 16.9 Å². The number of carbonyl (C=O) groups excluding carboxylic acids is 1. The third kappa shape index (κ3) is 5.84. The van der Waals surface area contributed by atoms with Crippen LogP contribution in [0, 0.1) is 0 Å². The molecule has 0 aromatic heterocycles. The van der Waals surface area contributed by atoms with Gasteiger partial charge in [-0.2, -0.15) is 0 Å². The normalized spacial score (nSPS) is 13.4. The van der Waals surface area contributed by atoms with Crippen LogP contribution in [-0.4, -0.2) is 26.0 Å². The fourth-order valence-electron chi connectivity index (χ4n) is 3.93. The van der Waals surface area contributed by atoms with Gasteiger partial charge in [0.2, 0.25) is 0 Å². The zero-order chi connectivity index (χ0) is 24.1. The summed E-state index contributed by atoms with van der Waals surface area (Å²) in [6.45, 7) is 11.0. The Morgan fingerprint density at radius 1 is 0.818 bits per heavy atom. The van der Waals surface area contributed by atoms with Crippen molar-refractivity contribution in [1.82, 2.24) is 0 Å². The third-order valence-corrected chi connectivity index (χ3v) is 15.2. The predicted molar refractivity (Wildman–Crippen MR) is 149 cm³/mol. The number of carbonyl (C=O) groups is 1. The summed E-state index contributed by atoms with van der Waals surface area (Å²) >= 11 is 0. The Kier molecular flexibility index (Phi) is 8.00. The molecule has 0 aliphatic carbocycles. The summed E-state index contributed by atoms with van der Waals surface area (Å²) in [5, 5.41) is 3.68. The van der Waals surface area contributed by atoms with Crippen LogP contribution >= 0.6 is 6.89 Å². The number of hydrogen-bond donors (Lipinski definition) is 0.